The number of alkyl carbamates (subject to hydrolysis) is 1. The lowest BCUT2D eigenvalue weighted by molar-refractivity contribution is -0.137. The third kappa shape index (κ3) is 21.2. The number of carbonyl (C=O) groups is 2. The van der Waals surface area contributed by atoms with Crippen LogP contribution < -0.4 is 5.32 Å². The maximum absolute atomic E-state index is 11.5. The van der Waals surface area contributed by atoms with Crippen LogP contribution in [0.4, 0.5) is 4.79 Å². The van der Waals surface area contributed by atoms with E-state index in [1.165, 1.54) is 71.3 Å². The molecule has 0 aliphatic heterocycles. The molecule has 0 spiro atoms. The highest BCUT2D eigenvalue weighted by molar-refractivity contribution is 7.99. The molecular formula is C21H41NO4S. The number of ether oxygens (including phenoxy) is 2. The van der Waals surface area contributed by atoms with Crippen molar-refractivity contribution in [3.8, 4) is 0 Å². The van der Waals surface area contributed by atoms with Gasteiger partial charge in [-0.15, -0.1) is 0 Å². The lowest BCUT2D eigenvalue weighted by atomic mass is 10.1. The maximum Gasteiger partial charge on any atom is 0.407 e. The first-order valence-corrected chi connectivity index (χ1v) is 11.6. The molecule has 0 aromatic rings. The fourth-order valence-electron chi connectivity index (χ4n) is 2.64. The van der Waals surface area contributed by atoms with Gasteiger partial charge >= 0.3 is 12.1 Å². The SMILES string of the molecule is COC(=O)CSCCCCCCCCCCCCCNC(=O)OC(C)(C)C. The van der Waals surface area contributed by atoms with Crippen LogP contribution in [0.5, 0.6) is 0 Å². The molecule has 0 saturated heterocycles. The molecule has 0 rings (SSSR count). The van der Waals surface area contributed by atoms with Crippen LogP contribution >= 0.6 is 11.8 Å². The number of hydrogen-bond acceptors (Lipinski definition) is 5. The lowest BCUT2D eigenvalue weighted by Gasteiger charge is -2.19. The average Bonchev–Trinajstić information content (AvgIpc) is 2.59. The Balaban J connectivity index is 3.17. The van der Waals surface area contributed by atoms with Crippen molar-refractivity contribution in [1.82, 2.24) is 5.32 Å². The lowest BCUT2D eigenvalue weighted by Crippen LogP contribution is -2.32. The van der Waals surface area contributed by atoms with Gasteiger partial charge in [0.05, 0.1) is 12.9 Å². The molecule has 0 aromatic heterocycles. The molecule has 0 atom stereocenters. The van der Waals surface area contributed by atoms with Crippen molar-refractivity contribution in [2.24, 2.45) is 0 Å². The maximum atomic E-state index is 11.5. The van der Waals surface area contributed by atoms with Crippen molar-refractivity contribution >= 4 is 23.8 Å². The molecule has 1 N–H and O–H groups in total. The molecule has 0 bridgehead atoms. The standard InChI is InChI=1S/C21H41NO4S/c1-21(2,3)26-20(24)22-16-14-12-10-8-6-5-7-9-11-13-15-17-27-18-19(23)25-4/h5-18H2,1-4H3,(H,22,24). The molecule has 0 saturated carbocycles. The fraction of sp³-hybridized carbons (Fsp3) is 0.905. The first kappa shape index (κ1) is 26.1. The second-order valence-corrected chi connectivity index (χ2v) is 9.05. The van der Waals surface area contributed by atoms with Gasteiger partial charge in [0, 0.05) is 6.54 Å². The van der Waals surface area contributed by atoms with Crippen LogP contribution in [0.1, 0.15) is 91.4 Å². The Bertz CT molecular complexity index is 383. The summed E-state index contributed by atoms with van der Waals surface area (Å²) in [7, 11) is 1.44. The third-order valence-corrected chi connectivity index (χ3v) is 5.10. The number of esters is 1. The Morgan fingerprint density at radius 3 is 1.78 bits per heavy atom. The molecule has 5 nitrogen and oxygen atoms in total. The Morgan fingerprint density at radius 1 is 0.815 bits per heavy atom. The number of nitrogens with one attached hydrogen (secondary N) is 1. The summed E-state index contributed by atoms with van der Waals surface area (Å²) in [5.41, 5.74) is -0.423. The fourth-order valence-corrected chi connectivity index (χ4v) is 3.48. The summed E-state index contributed by atoms with van der Waals surface area (Å²) in [4.78, 5) is 22.4. The van der Waals surface area contributed by atoms with Crippen molar-refractivity contribution in [2.75, 3.05) is 25.2 Å². The number of thioether (sulfide) groups is 1. The second-order valence-electron chi connectivity index (χ2n) is 7.95. The Morgan fingerprint density at radius 2 is 1.30 bits per heavy atom. The Hall–Kier alpha value is -0.910. The molecule has 0 aliphatic carbocycles. The second kappa shape index (κ2) is 17.2. The highest BCUT2D eigenvalue weighted by atomic mass is 32.2. The minimum Gasteiger partial charge on any atom is -0.468 e. The van der Waals surface area contributed by atoms with E-state index in [0.29, 0.717) is 12.3 Å². The summed E-state index contributed by atoms with van der Waals surface area (Å²) in [5, 5.41) is 2.81. The predicted molar refractivity (Wildman–Crippen MR) is 114 cm³/mol. The van der Waals surface area contributed by atoms with Crippen molar-refractivity contribution in [3.05, 3.63) is 0 Å². The van der Waals surface area contributed by atoms with E-state index >= 15 is 0 Å². The topological polar surface area (TPSA) is 64.6 Å². The van der Waals surface area contributed by atoms with Crippen molar-refractivity contribution in [2.45, 2.75) is 97.0 Å². The van der Waals surface area contributed by atoms with E-state index in [0.717, 1.165) is 12.2 Å². The number of hydrogen-bond donors (Lipinski definition) is 1. The summed E-state index contributed by atoms with van der Waals surface area (Å²) >= 11 is 1.67. The van der Waals surface area contributed by atoms with Gasteiger partial charge in [0.2, 0.25) is 0 Å². The van der Waals surface area contributed by atoms with Crippen LogP contribution in [-0.4, -0.2) is 42.8 Å². The zero-order chi connectivity index (χ0) is 20.4. The molecule has 27 heavy (non-hydrogen) atoms. The van der Waals surface area contributed by atoms with Crippen LogP contribution in [-0.2, 0) is 14.3 Å². The van der Waals surface area contributed by atoms with E-state index in [4.69, 9.17) is 4.74 Å². The van der Waals surface area contributed by atoms with Gasteiger partial charge in [0.15, 0.2) is 0 Å². The van der Waals surface area contributed by atoms with Crippen LogP contribution in [0.3, 0.4) is 0 Å². The summed E-state index contributed by atoms with van der Waals surface area (Å²) in [5.74, 6) is 1.41. The van der Waals surface area contributed by atoms with E-state index < -0.39 is 5.60 Å². The van der Waals surface area contributed by atoms with Gasteiger partial charge in [0.1, 0.15) is 5.60 Å². The molecule has 0 radical (unpaired) electrons. The van der Waals surface area contributed by atoms with E-state index in [-0.39, 0.29) is 12.1 Å². The van der Waals surface area contributed by atoms with Gasteiger partial charge in [-0.25, -0.2) is 4.79 Å². The number of methoxy groups -OCH3 is 1. The van der Waals surface area contributed by atoms with Crippen molar-refractivity contribution in [3.63, 3.8) is 0 Å². The summed E-state index contributed by atoms with van der Waals surface area (Å²) < 4.78 is 9.81. The molecule has 6 heteroatoms. The summed E-state index contributed by atoms with van der Waals surface area (Å²) in [6, 6.07) is 0. The molecule has 1 amide bonds. The monoisotopic (exact) mass is 403 g/mol. The summed E-state index contributed by atoms with van der Waals surface area (Å²) in [6.45, 7) is 6.32. The number of amides is 1. The van der Waals surface area contributed by atoms with Gasteiger partial charge in [-0.1, -0.05) is 57.8 Å². The smallest absolute Gasteiger partial charge is 0.407 e. The summed E-state index contributed by atoms with van der Waals surface area (Å²) in [6.07, 6.45) is 13.5. The molecule has 0 heterocycles. The van der Waals surface area contributed by atoms with Crippen LogP contribution in [0.15, 0.2) is 0 Å². The van der Waals surface area contributed by atoms with Crippen LogP contribution in [0.25, 0.3) is 0 Å². The Kier molecular flexibility index (Phi) is 16.6. The van der Waals surface area contributed by atoms with Gasteiger partial charge in [-0.3, -0.25) is 4.79 Å². The van der Waals surface area contributed by atoms with E-state index in [1.807, 2.05) is 20.8 Å². The molecule has 0 fully saturated rings. The number of unbranched alkanes of at least 4 members (excludes halogenated alkanes) is 10. The molecule has 160 valence electrons. The number of rotatable bonds is 16. The van der Waals surface area contributed by atoms with Crippen molar-refractivity contribution in [1.29, 1.82) is 0 Å². The zero-order valence-electron chi connectivity index (χ0n) is 17.9. The predicted octanol–water partition coefficient (Wildman–Crippen LogP) is 5.71. The van der Waals surface area contributed by atoms with E-state index in [1.54, 1.807) is 11.8 Å². The highest BCUT2D eigenvalue weighted by Crippen LogP contribution is 2.13. The normalized spacial score (nSPS) is 11.3. The van der Waals surface area contributed by atoms with E-state index in [9.17, 15) is 9.59 Å². The minimum absolute atomic E-state index is 0.126. The van der Waals surface area contributed by atoms with Gasteiger partial charge < -0.3 is 14.8 Å². The molecule has 0 aromatic carbocycles. The minimum atomic E-state index is -0.423. The average molecular weight is 404 g/mol. The van der Waals surface area contributed by atoms with Gasteiger partial charge in [0.25, 0.3) is 0 Å². The van der Waals surface area contributed by atoms with Gasteiger partial charge in [-0.2, -0.15) is 11.8 Å². The quantitative estimate of drug-likeness (QED) is 0.264. The van der Waals surface area contributed by atoms with E-state index in [2.05, 4.69) is 10.1 Å². The highest BCUT2D eigenvalue weighted by Gasteiger charge is 2.15. The molecular weight excluding hydrogens is 362 g/mol. The third-order valence-electron chi connectivity index (χ3n) is 4.08. The molecule has 0 unspecified atom stereocenters. The number of carbonyl (C=O) groups excluding carboxylic acids is 2. The van der Waals surface area contributed by atoms with Crippen molar-refractivity contribution < 1.29 is 19.1 Å². The van der Waals surface area contributed by atoms with Gasteiger partial charge in [-0.05, 0) is 39.4 Å². The zero-order valence-corrected chi connectivity index (χ0v) is 18.8. The van der Waals surface area contributed by atoms with Crippen LogP contribution in [0, 0.1) is 0 Å². The Labute approximate surface area is 170 Å². The largest absolute Gasteiger partial charge is 0.468 e. The first-order valence-electron chi connectivity index (χ1n) is 10.5. The molecule has 0 aliphatic rings. The first-order chi connectivity index (χ1) is 12.8. The van der Waals surface area contributed by atoms with Crippen LogP contribution in [0.2, 0.25) is 0 Å².